The Hall–Kier alpha value is -1.06. The van der Waals surface area contributed by atoms with Crippen molar-refractivity contribution >= 4 is 17.5 Å². The van der Waals surface area contributed by atoms with Gasteiger partial charge in [0.15, 0.2) is 0 Å². The molecule has 1 aromatic carbocycles. The zero-order valence-corrected chi connectivity index (χ0v) is 10.9. The maximum absolute atomic E-state index is 10.9. The summed E-state index contributed by atoms with van der Waals surface area (Å²) in [5.74, 6) is -0.0581. The molecule has 0 saturated heterocycles. The Morgan fingerprint density at radius 3 is 2.71 bits per heavy atom. The highest BCUT2D eigenvalue weighted by atomic mass is 35.5. The SMILES string of the molecule is CN(CCCNC(=O)CCl)Cc1ccccc1. The summed E-state index contributed by atoms with van der Waals surface area (Å²) >= 11 is 5.38. The number of nitrogens with one attached hydrogen (secondary N) is 1. The number of halogens is 1. The van der Waals surface area contributed by atoms with Crippen LogP contribution < -0.4 is 5.32 Å². The second-order valence-corrected chi connectivity index (χ2v) is 4.33. The zero-order valence-electron chi connectivity index (χ0n) is 10.2. The molecule has 0 bridgehead atoms. The van der Waals surface area contributed by atoms with Gasteiger partial charge in [0, 0.05) is 13.1 Å². The molecule has 0 atom stereocenters. The van der Waals surface area contributed by atoms with E-state index in [1.165, 1.54) is 5.56 Å². The quantitative estimate of drug-likeness (QED) is 0.595. The van der Waals surface area contributed by atoms with Crippen molar-refractivity contribution in [1.29, 1.82) is 0 Å². The average molecular weight is 255 g/mol. The van der Waals surface area contributed by atoms with Crippen LogP contribution >= 0.6 is 11.6 Å². The van der Waals surface area contributed by atoms with E-state index < -0.39 is 0 Å². The van der Waals surface area contributed by atoms with Gasteiger partial charge in [0.1, 0.15) is 5.88 Å². The lowest BCUT2D eigenvalue weighted by Gasteiger charge is -2.16. The van der Waals surface area contributed by atoms with E-state index in [2.05, 4.69) is 29.4 Å². The van der Waals surface area contributed by atoms with E-state index in [0.29, 0.717) is 6.54 Å². The molecule has 1 N–H and O–H groups in total. The van der Waals surface area contributed by atoms with Gasteiger partial charge in [0.05, 0.1) is 0 Å². The number of rotatable bonds is 7. The van der Waals surface area contributed by atoms with Gasteiger partial charge in [-0.1, -0.05) is 30.3 Å². The number of hydrogen-bond acceptors (Lipinski definition) is 2. The fourth-order valence-electron chi connectivity index (χ4n) is 1.60. The van der Waals surface area contributed by atoms with E-state index in [9.17, 15) is 4.79 Å². The summed E-state index contributed by atoms with van der Waals surface area (Å²) < 4.78 is 0. The van der Waals surface area contributed by atoms with E-state index in [1.54, 1.807) is 0 Å². The molecule has 0 aliphatic carbocycles. The summed E-state index contributed by atoms with van der Waals surface area (Å²) in [4.78, 5) is 13.1. The van der Waals surface area contributed by atoms with E-state index in [-0.39, 0.29) is 11.8 Å². The van der Waals surface area contributed by atoms with Crippen molar-refractivity contribution in [3.8, 4) is 0 Å². The number of amides is 1. The topological polar surface area (TPSA) is 32.3 Å². The van der Waals surface area contributed by atoms with Gasteiger partial charge in [-0.15, -0.1) is 11.6 Å². The average Bonchev–Trinajstić information content (AvgIpc) is 2.35. The minimum atomic E-state index is -0.0996. The smallest absolute Gasteiger partial charge is 0.234 e. The fourth-order valence-corrected chi connectivity index (χ4v) is 1.69. The van der Waals surface area contributed by atoms with Crippen molar-refractivity contribution in [3.63, 3.8) is 0 Å². The second-order valence-electron chi connectivity index (χ2n) is 4.06. The molecule has 0 aliphatic heterocycles. The normalized spacial score (nSPS) is 10.5. The van der Waals surface area contributed by atoms with Gasteiger partial charge >= 0.3 is 0 Å². The van der Waals surface area contributed by atoms with Crippen molar-refractivity contribution in [2.45, 2.75) is 13.0 Å². The maximum Gasteiger partial charge on any atom is 0.234 e. The lowest BCUT2D eigenvalue weighted by molar-refractivity contribution is -0.118. The molecule has 1 amide bonds. The van der Waals surface area contributed by atoms with Gasteiger partial charge < -0.3 is 10.2 Å². The van der Waals surface area contributed by atoms with Gasteiger partial charge in [0.25, 0.3) is 0 Å². The predicted octanol–water partition coefficient (Wildman–Crippen LogP) is 1.86. The molecule has 0 unspecified atom stereocenters. The fraction of sp³-hybridized carbons (Fsp3) is 0.462. The maximum atomic E-state index is 10.9. The molecule has 1 aromatic rings. The monoisotopic (exact) mass is 254 g/mol. The molecule has 0 fully saturated rings. The van der Waals surface area contributed by atoms with E-state index in [1.807, 2.05) is 18.2 Å². The summed E-state index contributed by atoms with van der Waals surface area (Å²) in [7, 11) is 2.08. The standard InChI is InChI=1S/C13H19ClN2O/c1-16(9-5-8-15-13(17)10-14)11-12-6-3-2-4-7-12/h2-4,6-7H,5,8-11H2,1H3,(H,15,17). The number of carbonyl (C=O) groups excluding carboxylic acids is 1. The van der Waals surface area contributed by atoms with E-state index in [0.717, 1.165) is 19.5 Å². The van der Waals surface area contributed by atoms with Crippen LogP contribution in [0.15, 0.2) is 30.3 Å². The second kappa shape index (κ2) is 8.09. The first-order chi connectivity index (χ1) is 8.22. The number of alkyl halides is 1. The van der Waals surface area contributed by atoms with Crippen LogP contribution in [0, 0.1) is 0 Å². The first kappa shape index (κ1) is 14.0. The molecule has 94 valence electrons. The lowest BCUT2D eigenvalue weighted by atomic mass is 10.2. The molecule has 0 radical (unpaired) electrons. The highest BCUT2D eigenvalue weighted by Crippen LogP contribution is 2.02. The molecule has 17 heavy (non-hydrogen) atoms. The first-order valence-corrected chi connectivity index (χ1v) is 6.31. The largest absolute Gasteiger partial charge is 0.355 e. The van der Waals surface area contributed by atoms with Crippen molar-refractivity contribution in [2.75, 3.05) is 26.0 Å². The zero-order chi connectivity index (χ0) is 12.5. The minimum absolute atomic E-state index is 0.0415. The van der Waals surface area contributed by atoms with Crippen LogP contribution in [0.4, 0.5) is 0 Å². The lowest BCUT2D eigenvalue weighted by Crippen LogP contribution is -2.28. The third kappa shape index (κ3) is 6.29. The van der Waals surface area contributed by atoms with Crippen molar-refractivity contribution < 1.29 is 4.79 Å². The number of benzene rings is 1. The van der Waals surface area contributed by atoms with Crippen LogP contribution in [0.1, 0.15) is 12.0 Å². The van der Waals surface area contributed by atoms with Gasteiger partial charge in [-0.25, -0.2) is 0 Å². The Kier molecular flexibility index (Phi) is 6.67. The molecular formula is C13H19ClN2O. The molecule has 0 spiro atoms. The van der Waals surface area contributed by atoms with Crippen molar-refractivity contribution in [3.05, 3.63) is 35.9 Å². The molecule has 0 saturated carbocycles. The van der Waals surface area contributed by atoms with Crippen LogP contribution in [-0.2, 0) is 11.3 Å². The van der Waals surface area contributed by atoms with Crippen LogP contribution in [0.3, 0.4) is 0 Å². The molecule has 4 heteroatoms. The van der Waals surface area contributed by atoms with Crippen molar-refractivity contribution in [2.24, 2.45) is 0 Å². The minimum Gasteiger partial charge on any atom is -0.355 e. The van der Waals surface area contributed by atoms with Gasteiger partial charge in [-0.3, -0.25) is 4.79 Å². The van der Waals surface area contributed by atoms with Crippen molar-refractivity contribution in [1.82, 2.24) is 10.2 Å². The molecule has 0 aliphatic rings. The van der Waals surface area contributed by atoms with E-state index >= 15 is 0 Å². The highest BCUT2D eigenvalue weighted by Gasteiger charge is 2.01. The van der Waals surface area contributed by atoms with Gasteiger partial charge in [-0.2, -0.15) is 0 Å². The van der Waals surface area contributed by atoms with Crippen LogP contribution in [-0.4, -0.2) is 36.8 Å². The molecule has 3 nitrogen and oxygen atoms in total. The highest BCUT2D eigenvalue weighted by molar-refractivity contribution is 6.27. The first-order valence-electron chi connectivity index (χ1n) is 5.77. The Morgan fingerprint density at radius 1 is 1.35 bits per heavy atom. The summed E-state index contributed by atoms with van der Waals surface area (Å²) in [5, 5.41) is 2.75. The molecule has 0 aromatic heterocycles. The number of nitrogens with zero attached hydrogens (tertiary/aromatic N) is 1. The molecule has 0 heterocycles. The number of hydrogen-bond donors (Lipinski definition) is 1. The Morgan fingerprint density at radius 2 is 2.06 bits per heavy atom. The Balaban J connectivity index is 2.13. The third-order valence-electron chi connectivity index (χ3n) is 2.46. The molecular weight excluding hydrogens is 236 g/mol. The summed E-state index contributed by atoms with van der Waals surface area (Å²) in [6.07, 6.45) is 0.936. The predicted molar refractivity (Wildman–Crippen MR) is 71.1 cm³/mol. The summed E-state index contributed by atoms with van der Waals surface area (Å²) in [6.45, 7) is 2.58. The van der Waals surface area contributed by atoms with Gasteiger partial charge in [0.2, 0.25) is 5.91 Å². The van der Waals surface area contributed by atoms with Crippen LogP contribution in [0.5, 0.6) is 0 Å². The summed E-state index contributed by atoms with van der Waals surface area (Å²) in [5.41, 5.74) is 1.31. The molecule has 1 rings (SSSR count). The summed E-state index contributed by atoms with van der Waals surface area (Å²) in [6, 6.07) is 10.3. The Labute approximate surface area is 108 Å². The van der Waals surface area contributed by atoms with E-state index in [4.69, 9.17) is 11.6 Å². The number of carbonyl (C=O) groups is 1. The Bertz CT molecular complexity index is 329. The van der Waals surface area contributed by atoms with Gasteiger partial charge in [-0.05, 0) is 25.6 Å². The third-order valence-corrected chi connectivity index (χ3v) is 2.70. The van der Waals surface area contributed by atoms with Crippen LogP contribution in [0.25, 0.3) is 0 Å². The van der Waals surface area contributed by atoms with Crippen LogP contribution in [0.2, 0.25) is 0 Å².